The van der Waals surface area contributed by atoms with Gasteiger partial charge in [0.15, 0.2) is 0 Å². The van der Waals surface area contributed by atoms with Crippen LogP contribution in [0.25, 0.3) is 19.5 Å². The van der Waals surface area contributed by atoms with E-state index in [-0.39, 0.29) is 5.69 Å². The van der Waals surface area contributed by atoms with E-state index in [4.69, 9.17) is 0 Å². The molecule has 150 valence electrons. The van der Waals surface area contributed by atoms with Crippen molar-refractivity contribution in [2.45, 2.75) is 6.18 Å². The van der Waals surface area contributed by atoms with Crippen molar-refractivity contribution in [2.75, 3.05) is 4.90 Å². The first-order valence-electron chi connectivity index (χ1n) is 8.67. The van der Waals surface area contributed by atoms with Crippen LogP contribution in [0.3, 0.4) is 0 Å². The second-order valence-electron chi connectivity index (χ2n) is 6.46. The van der Waals surface area contributed by atoms with Gasteiger partial charge < -0.3 is 0 Å². The molecule has 0 unspecified atom stereocenters. The number of amides is 2. The number of rotatable bonds is 3. The number of nitrogens with zero attached hydrogens (tertiary/aromatic N) is 1. The van der Waals surface area contributed by atoms with Crippen LogP contribution in [0, 0.1) is 0 Å². The Labute approximate surface area is 180 Å². The summed E-state index contributed by atoms with van der Waals surface area (Å²) in [5, 5.41) is 3.78. The van der Waals surface area contributed by atoms with Gasteiger partial charge in [-0.2, -0.15) is 13.2 Å². The van der Waals surface area contributed by atoms with Crippen molar-refractivity contribution in [3.8, 4) is 19.5 Å². The maximum atomic E-state index is 13.3. The Balaban J connectivity index is 1.65. The molecule has 2 amide bonds. The molecule has 5 rings (SSSR count). The summed E-state index contributed by atoms with van der Waals surface area (Å²) in [5.41, 5.74) is -0.0852. The average Bonchev–Trinajstić information content (AvgIpc) is 3.49. The maximum absolute atomic E-state index is 13.3. The van der Waals surface area contributed by atoms with Crippen LogP contribution in [0.5, 0.6) is 0 Å². The summed E-state index contributed by atoms with van der Waals surface area (Å²) >= 11 is 4.32. The van der Waals surface area contributed by atoms with Gasteiger partial charge in [-0.3, -0.25) is 9.59 Å². The molecule has 3 aromatic heterocycles. The molecule has 4 heterocycles. The summed E-state index contributed by atoms with van der Waals surface area (Å²) < 4.78 is 38.7. The molecule has 0 radical (unpaired) electrons. The number of carbonyl (C=O) groups is 2. The zero-order valence-corrected chi connectivity index (χ0v) is 17.3. The topological polar surface area (TPSA) is 37.4 Å². The van der Waals surface area contributed by atoms with E-state index >= 15 is 0 Å². The van der Waals surface area contributed by atoms with Gasteiger partial charge >= 0.3 is 6.18 Å². The van der Waals surface area contributed by atoms with Crippen molar-refractivity contribution >= 4 is 51.5 Å². The minimum atomic E-state index is -4.49. The van der Waals surface area contributed by atoms with Gasteiger partial charge in [-0.25, -0.2) is 4.90 Å². The molecular weight excluding hydrogens is 451 g/mol. The van der Waals surface area contributed by atoms with Crippen LogP contribution < -0.4 is 4.90 Å². The molecule has 1 aliphatic heterocycles. The third kappa shape index (κ3) is 2.92. The smallest absolute Gasteiger partial charge is 0.268 e. The molecule has 0 spiro atoms. The number of anilines is 1. The summed E-state index contributed by atoms with van der Waals surface area (Å²) in [7, 11) is 0. The van der Waals surface area contributed by atoms with Crippen molar-refractivity contribution in [2.24, 2.45) is 0 Å². The molecule has 30 heavy (non-hydrogen) atoms. The highest BCUT2D eigenvalue weighted by atomic mass is 32.1. The van der Waals surface area contributed by atoms with Crippen LogP contribution in [0.2, 0.25) is 0 Å². The first-order chi connectivity index (χ1) is 14.4. The van der Waals surface area contributed by atoms with Crippen molar-refractivity contribution in [3.63, 3.8) is 0 Å². The number of imide groups is 1. The zero-order valence-electron chi connectivity index (χ0n) is 14.9. The number of thiophene rings is 3. The van der Waals surface area contributed by atoms with Crippen LogP contribution in [0.4, 0.5) is 18.9 Å². The maximum Gasteiger partial charge on any atom is 0.416 e. The van der Waals surface area contributed by atoms with E-state index < -0.39 is 23.6 Å². The predicted molar refractivity (Wildman–Crippen MR) is 114 cm³/mol. The lowest BCUT2D eigenvalue weighted by molar-refractivity contribution is -0.137. The fourth-order valence-corrected chi connectivity index (χ4v) is 6.35. The van der Waals surface area contributed by atoms with Crippen molar-refractivity contribution in [1.29, 1.82) is 0 Å². The lowest BCUT2D eigenvalue weighted by Gasteiger charge is -2.16. The highest BCUT2D eigenvalue weighted by molar-refractivity contribution is 7.26. The quantitative estimate of drug-likeness (QED) is 0.307. The lowest BCUT2D eigenvalue weighted by Crippen LogP contribution is -2.29. The Bertz CT molecular complexity index is 1190. The monoisotopic (exact) mass is 461 g/mol. The second-order valence-corrected chi connectivity index (χ2v) is 9.37. The number of halogens is 3. The number of alkyl halides is 3. The Morgan fingerprint density at radius 1 is 0.733 bits per heavy atom. The summed E-state index contributed by atoms with van der Waals surface area (Å²) in [6, 6.07) is 11.6. The number of fused-ring (bicyclic) bond motifs is 1. The van der Waals surface area contributed by atoms with E-state index in [1.54, 1.807) is 0 Å². The molecule has 0 N–H and O–H groups in total. The Kier molecular flexibility index (Phi) is 4.42. The highest BCUT2D eigenvalue weighted by Crippen LogP contribution is 2.49. The van der Waals surface area contributed by atoms with Gasteiger partial charge in [0, 0.05) is 9.75 Å². The van der Waals surface area contributed by atoms with Crippen LogP contribution in [-0.4, -0.2) is 11.8 Å². The molecule has 0 saturated heterocycles. The van der Waals surface area contributed by atoms with Gasteiger partial charge in [0.2, 0.25) is 0 Å². The highest BCUT2D eigenvalue weighted by Gasteiger charge is 2.43. The molecule has 0 saturated carbocycles. The van der Waals surface area contributed by atoms with E-state index in [0.717, 1.165) is 38.9 Å². The van der Waals surface area contributed by atoms with Crippen molar-refractivity contribution in [1.82, 2.24) is 0 Å². The first-order valence-corrected chi connectivity index (χ1v) is 11.2. The van der Waals surface area contributed by atoms with Gasteiger partial charge in [0.05, 0.1) is 32.1 Å². The summed E-state index contributed by atoms with van der Waals surface area (Å²) in [6.45, 7) is 0. The second kappa shape index (κ2) is 6.90. The molecule has 0 aliphatic carbocycles. The molecule has 1 aliphatic rings. The Morgan fingerprint density at radius 2 is 1.23 bits per heavy atom. The standard InChI is InChI=1S/C21H10F3NO2S3/c22-21(23,24)11-5-7-12(8-6-11)25-19(26)15-16(20(25)27)18(14-4-2-10-29-14)30-17(15)13-3-1-9-28-13/h1-10H. The summed E-state index contributed by atoms with van der Waals surface area (Å²) in [6.07, 6.45) is -4.49. The van der Waals surface area contributed by atoms with Crippen LogP contribution in [-0.2, 0) is 6.18 Å². The largest absolute Gasteiger partial charge is 0.416 e. The van der Waals surface area contributed by atoms with Gasteiger partial charge in [0.25, 0.3) is 11.8 Å². The fraction of sp³-hybridized carbons (Fsp3) is 0.0476. The number of hydrogen-bond donors (Lipinski definition) is 0. The van der Waals surface area contributed by atoms with Crippen molar-refractivity contribution in [3.05, 3.63) is 76.0 Å². The van der Waals surface area contributed by atoms with E-state index in [1.807, 2.05) is 35.0 Å². The molecule has 9 heteroatoms. The van der Waals surface area contributed by atoms with Gasteiger partial charge in [-0.1, -0.05) is 12.1 Å². The van der Waals surface area contributed by atoms with Crippen LogP contribution in [0.15, 0.2) is 59.3 Å². The van der Waals surface area contributed by atoms with E-state index in [9.17, 15) is 22.8 Å². The SMILES string of the molecule is O=C1c2c(-c3cccs3)sc(-c3cccs3)c2C(=O)N1c1ccc(C(F)(F)F)cc1. The third-order valence-electron chi connectivity index (χ3n) is 4.68. The molecular formula is C21H10F3NO2S3. The fourth-order valence-electron chi connectivity index (χ4n) is 3.35. The molecule has 0 atom stereocenters. The molecule has 1 aromatic carbocycles. The number of benzene rings is 1. The van der Waals surface area contributed by atoms with Gasteiger partial charge in [-0.15, -0.1) is 34.0 Å². The molecule has 0 fully saturated rings. The minimum Gasteiger partial charge on any atom is -0.268 e. The average molecular weight is 462 g/mol. The number of carbonyl (C=O) groups excluding carboxylic acids is 2. The zero-order chi connectivity index (χ0) is 21.0. The Hall–Kier alpha value is -2.75. The van der Waals surface area contributed by atoms with Crippen LogP contribution >= 0.6 is 34.0 Å². The number of hydrogen-bond acceptors (Lipinski definition) is 5. The normalized spacial score (nSPS) is 13.9. The van der Waals surface area contributed by atoms with E-state index in [2.05, 4.69) is 0 Å². The summed E-state index contributed by atoms with van der Waals surface area (Å²) in [4.78, 5) is 30.7. The van der Waals surface area contributed by atoms with E-state index in [1.165, 1.54) is 34.0 Å². The minimum absolute atomic E-state index is 0.119. The molecule has 0 bridgehead atoms. The third-order valence-corrected chi connectivity index (χ3v) is 7.97. The lowest BCUT2D eigenvalue weighted by atomic mass is 10.1. The Morgan fingerprint density at radius 3 is 1.63 bits per heavy atom. The van der Waals surface area contributed by atoms with Gasteiger partial charge in [0.1, 0.15) is 0 Å². The molecule has 3 nitrogen and oxygen atoms in total. The summed E-state index contributed by atoms with van der Waals surface area (Å²) in [5.74, 6) is -1.03. The predicted octanol–water partition coefficient (Wildman–Crippen LogP) is 7.02. The van der Waals surface area contributed by atoms with Gasteiger partial charge in [-0.05, 0) is 47.2 Å². The van der Waals surface area contributed by atoms with E-state index in [0.29, 0.717) is 20.9 Å². The van der Waals surface area contributed by atoms with Crippen LogP contribution in [0.1, 0.15) is 26.3 Å². The first kappa shape index (κ1) is 19.2. The van der Waals surface area contributed by atoms with Crippen molar-refractivity contribution < 1.29 is 22.8 Å². The molecule has 4 aromatic rings.